The molecular weight excluding hydrogens is 193 g/mol. The van der Waals surface area contributed by atoms with Gasteiger partial charge in [0.25, 0.3) is 0 Å². The Morgan fingerprint density at radius 3 is 2.55 bits per heavy atom. The van der Waals surface area contributed by atoms with Crippen molar-refractivity contribution in [1.82, 2.24) is 0 Å². The molecule has 1 aromatic rings. The molecule has 0 amide bonds. The predicted octanol–water partition coefficient (Wildman–Crippen LogP) is 3.66. The lowest BCUT2D eigenvalue weighted by Crippen LogP contribution is -1.73. The zero-order chi connectivity index (χ0) is 8.10. The Morgan fingerprint density at radius 1 is 1.36 bits per heavy atom. The Labute approximate surface area is 76.8 Å². The number of thiol groups is 1. The molecule has 1 unspecified atom stereocenters. The summed E-state index contributed by atoms with van der Waals surface area (Å²) < 4.78 is 0. The van der Waals surface area contributed by atoms with E-state index in [4.69, 9.17) is 5.16 Å². The van der Waals surface area contributed by atoms with Crippen LogP contribution in [0.25, 0.3) is 0 Å². The zero-order valence-electron chi connectivity index (χ0n) is 5.95. The molecule has 0 aliphatic carbocycles. The third-order valence-electron chi connectivity index (χ3n) is 1.22. The fourth-order valence-corrected chi connectivity index (χ4v) is 2.71. The summed E-state index contributed by atoms with van der Waals surface area (Å²) in [6, 6.07) is 10.2. The molecule has 0 saturated heterocycles. The zero-order valence-corrected chi connectivity index (χ0v) is 8.66. The van der Waals surface area contributed by atoms with Crippen LogP contribution in [0.3, 0.4) is 0 Å². The normalized spacial score (nSPS) is 12.8. The molecule has 1 aromatic carbocycles. The van der Waals surface area contributed by atoms with Crippen molar-refractivity contribution in [3.8, 4) is 0 Å². The van der Waals surface area contributed by atoms with Crippen molar-refractivity contribution >= 4 is 29.7 Å². The summed E-state index contributed by atoms with van der Waals surface area (Å²) in [7, 11) is 0. The predicted molar refractivity (Wildman–Crippen MR) is 57.8 cm³/mol. The van der Waals surface area contributed by atoms with Crippen molar-refractivity contribution in [2.45, 2.75) is 5.75 Å². The molecule has 1 nitrogen and oxygen atoms in total. The van der Waals surface area contributed by atoms with Crippen molar-refractivity contribution < 1.29 is 0 Å². The summed E-state index contributed by atoms with van der Waals surface area (Å²) >= 11 is 5.68. The smallest absolute Gasteiger partial charge is 0.0561 e. The van der Waals surface area contributed by atoms with Crippen LogP contribution in [0, 0.1) is 5.16 Å². The first kappa shape index (κ1) is 9.24. The van der Waals surface area contributed by atoms with Gasteiger partial charge in [0.15, 0.2) is 0 Å². The Morgan fingerprint density at radius 2 is 2.00 bits per heavy atom. The molecule has 0 heterocycles. The lowest BCUT2D eigenvalue weighted by molar-refractivity contribution is 1.43. The monoisotopic (exact) mass is 203 g/mol. The van der Waals surface area contributed by atoms with Gasteiger partial charge in [-0.1, -0.05) is 30.3 Å². The van der Waals surface area contributed by atoms with Gasteiger partial charge in [0.1, 0.15) is 0 Å². The first-order chi connectivity index (χ1) is 5.29. The minimum atomic E-state index is -1.17. The van der Waals surface area contributed by atoms with Gasteiger partial charge in [-0.3, -0.25) is 0 Å². The molecule has 1 atom stereocenters. The number of nitrogens with one attached hydrogen (secondary N) is 1. The van der Waals surface area contributed by atoms with E-state index in [1.165, 1.54) is 5.56 Å². The van der Waals surface area contributed by atoms with Gasteiger partial charge in [0.2, 0.25) is 0 Å². The van der Waals surface area contributed by atoms with Crippen molar-refractivity contribution in [3.63, 3.8) is 0 Å². The van der Waals surface area contributed by atoms with Crippen molar-refractivity contribution in [1.29, 1.82) is 5.16 Å². The second kappa shape index (κ2) is 4.91. The maximum atomic E-state index is 7.26. The van der Waals surface area contributed by atoms with Crippen LogP contribution in [-0.4, -0.2) is 0 Å². The third kappa shape index (κ3) is 3.90. The molecule has 0 fully saturated rings. The third-order valence-corrected chi connectivity index (χ3v) is 4.38. The second-order valence-electron chi connectivity index (χ2n) is 2.08. The Hall–Kier alpha value is 0.150. The Bertz CT molecular complexity index is 237. The van der Waals surface area contributed by atoms with Gasteiger partial charge < -0.3 is 5.16 Å². The summed E-state index contributed by atoms with van der Waals surface area (Å²) in [6.07, 6.45) is -1.17. The van der Waals surface area contributed by atoms with Crippen molar-refractivity contribution in [2.24, 2.45) is 0 Å². The average molecular weight is 203 g/mol. The summed E-state index contributed by atoms with van der Waals surface area (Å²) in [5.41, 5.74) is 1.28. The van der Waals surface area contributed by atoms with Crippen LogP contribution < -0.4 is 0 Å². The fraction of sp³-hybridized carbons (Fsp3) is 0.143. The highest BCUT2D eigenvalue weighted by molar-refractivity contribution is 8.79. The molecule has 1 rings (SSSR count). The summed E-state index contributed by atoms with van der Waals surface area (Å²) in [5.74, 6) is 0.919. The molecule has 1 N–H and O–H groups in total. The van der Waals surface area contributed by atoms with Crippen molar-refractivity contribution in [3.05, 3.63) is 35.9 Å². The lowest BCUT2D eigenvalue weighted by Gasteiger charge is -1.98. The van der Waals surface area contributed by atoms with Gasteiger partial charge in [-0.05, 0) is 5.56 Å². The summed E-state index contributed by atoms with van der Waals surface area (Å²) in [6.45, 7) is 0. The SMILES string of the molecule is N=[PH](S)SCc1ccccc1. The minimum absolute atomic E-state index is 0.919. The second-order valence-corrected chi connectivity index (χ2v) is 7.61. The van der Waals surface area contributed by atoms with Crippen LogP contribution in [0.5, 0.6) is 0 Å². The molecule has 0 saturated carbocycles. The van der Waals surface area contributed by atoms with E-state index in [-0.39, 0.29) is 0 Å². The first-order valence-electron chi connectivity index (χ1n) is 3.23. The Balaban J connectivity index is 2.45. The number of hydrogen-bond acceptors (Lipinski definition) is 2. The van der Waals surface area contributed by atoms with Crippen LogP contribution in [0.1, 0.15) is 5.56 Å². The fourth-order valence-electron chi connectivity index (χ4n) is 0.726. The quantitative estimate of drug-likeness (QED) is 0.568. The van der Waals surface area contributed by atoms with Crippen molar-refractivity contribution in [2.75, 3.05) is 0 Å². The Kier molecular flexibility index (Phi) is 4.13. The summed E-state index contributed by atoms with van der Waals surface area (Å²) in [4.78, 5) is 0. The molecule has 0 aliphatic rings. The maximum absolute atomic E-state index is 7.26. The molecule has 0 aromatic heterocycles. The molecule has 0 aliphatic heterocycles. The van der Waals surface area contributed by atoms with Crippen LogP contribution in [0.2, 0.25) is 0 Å². The van der Waals surface area contributed by atoms with E-state index in [2.05, 4.69) is 24.4 Å². The van der Waals surface area contributed by atoms with Gasteiger partial charge in [-0.2, -0.15) is 0 Å². The van der Waals surface area contributed by atoms with Crippen LogP contribution >= 0.6 is 29.7 Å². The molecule has 0 radical (unpaired) electrons. The standard InChI is InChI=1S/C7H10NPS2/c8-9(10)11-6-7-4-2-1-3-5-7/h1-5,9H,6H2,(H2,8,10). The van der Waals surface area contributed by atoms with E-state index in [9.17, 15) is 0 Å². The average Bonchev–Trinajstić information content (AvgIpc) is 2.03. The van der Waals surface area contributed by atoms with E-state index in [1.54, 1.807) is 11.4 Å². The van der Waals surface area contributed by atoms with Crippen LogP contribution in [0.4, 0.5) is 0 Å². The molecule has 0 bridgehead atoms. The molecule has 4 heteroatoms. The highest BCUT2D eigenvalue weighted by Gasteiger charge is 1.91. The van der Waals surface area contributed by atoms with E-state index < -0.39 is 6.12 Å². The lowest BCUT2D eigenvalue weighted by atomic mass is 10.2. The topological polar surface area (TPSA) is 23.9 Å². The van der Waals surface area contributed by atoms with E-state index in [0.717, 1.165) is 5.75 Å². The highest BCUT2D eigenvalue weighted by atomic mass is 33.1. The highest BCUT2D eigenvalue weighted by Crippen LogP contribution is 2.44. The van der Waals surface area contributed by atoms with E-state index in [0.29, 0.717) is 0 Å². The minimum Gasteiger partial charge on any atom is -0.301 e. The van der Waals surface area contributed by atoms with Crippen LogP contribution in [0.15, 0.2) is 30.3 Å². The molecule has 60 valence electrons. The van der Waals surface area contributed by atoms with Crippen LogP contribution in [-0.2, 0) is 5.75 Å². The van der Waals surface area contributed by atoms with Gasteiger partial charge >= 0.3 is 0 Å². The van der Waals surface area contributed by atoms with E-state index in [1.807, 2.05) is 18.2 Å². The number of benzene rings is 1. The van der Waals surface area contributed by atoms with Gasteiger partial charge in [0, 0.05) is 5.75 Å². The number of hydrogen-bond donors (Lipinski definition) is 2. The van der Waals surface area contributed by atoms with Gasteiger partial charge in [-0.15, -0.1) is 23.6 Å². The van der Waals surface area contributed by atoms with E-state index >= 15 is 0 Å². The van der Waals surface area contributed by atoms with Gasteiger partial charge in [-0.25, -0.2) is 0 Å². The number of rotatable bonds is 3. The molecule has 11 heavy (non-hydrogen) atoms. The maximum Gasteiger partial charge on any atom is 0.0561 e. The van der Waals surface area contributed by atoms with Gasteiger partial charge in [0.05, 0.1) is 6.12 Å². The summed E-state index contributed by atoms with van der Waals surface area (Å²) in [5, 5.41) is 7.26. The molecular formula is C7H10NPS2. The molecule has 0 spiro atoms. The largest absolute Gasteiger partial charge is 0.301 e. The first-order valence-corrected chi connectivity index (χ1v) is 7.73.